The average Bonchev–Trinajstić information content (AvgIpc) is 3.55. The van der Waals surface area contributed by atoms with E-state index in [0.717, 1.165) is 24.3 Å². The van der Waals surface area contributed by atoms with Gasteiger partial charge in [-0.3, -0.25) is 9.25 Å². The van der Waals surface area contributed by atoms with Crippen LogP contribution in [0.25, 0.3) is 28.2 Å². The molecule has 1 aliphatic rings. The molecule has 0 radical (unpaired) electrons. The second kappa shape index (κ2) is 8.79. The molecular weight excluding hydrogens is 468 g/mol. The molecule has 1 aliphatic heterocycles. The maximum absolute atomic E-state index is 14.0. The lowest BCUT2D eigenvalue weighted by Crippen LogP contribution is -2.36. The molecule has 1 aromatic carbocycles. The minimum Gasteiger partial charge on any atom is -0.378 e. The summed E-state index contributed by atoms with van der Waals surface area (Å²) in [6.07, 6.45) is 3.68. The number of fused-ring (bicyclic) bond motifs is 3. The van der Waals surface area contributed by atoms with Gasteiger partial charge in [-0.05, 0) is 36.8 Å². The highest BCUT2D eigenvalue weighted by atomic mass is 35.5. The van der Waals surface area contributed by atoms with Crippen molar-refractivity contribution in [3.05, 3.63) is 69.9 Å². The summed E-state index contributed by atoms with van der Waals surface area (Å²) in [6.45, 7) is 5.92. The summed E-state index contributed by atoms with van der Waals surface area (Å²) in [5, 5.41) is 13.9. The molecule has 35 heavy (non-hydrogen) atoms. The lowest BCUT2D eigenvalue weighted by atomic mass is 10.2. The zero-order valence-corrected chi connectivity index (χ0v) is 19.9. The average molecular weight is 491 g/mol. The van der Waals surface area contributed by atoms with E-state index in [2.05, 4.69) is 20.2 Å². The number of aromatic nitrogens is 7. The van der Waals surface area contributed by atoms with Gasteiger partial charge in [0.15, 0.2) is 11.5 Å². The van der Waals surface area contributed by atoms with E-state index in [4.69, 9.17) is 21.3 Å². The van der Waals surface area contributed by atoms with Gasteiger partial charge in [0, 0.05) is 30.9 Å². The smallest absolute Gasteiger partial charge is 0.336 e. The van der Waals surface area contributed by atoms with E-state index in [1.54, 1.807) is 9.25 Å². The first-order valence-corrected chi connectivity index (χ1v) is 11.9. The zero-order valence-electron chi connectivity index (χ0n) is 19.1. The van der Waals surface area contributed by atoms with Crippen molar-refractivity contribution in [3.8, 4) is 11.5 Å². The van der Waals surface area contributed by atoms with Crippen LogP contribution in [0.5, 0.6) is 0 Å². The first-order chi connectivity index (χ1) is 17.1. The van der Waals surface area contributed by atoms with Crippen LogP contribution in [-0.4, -0.2) is 60.2 Å². The van der Waals surface area contributed by atoms with E-state index >= 15 is 0 Å². The van der Waals surface area contributed by atoms with Crippen LogP contribution in [0.1, 0.15) is 12.5 Å². The molecule has 0 unspecified atom stereocenters. The molecule has 6 rings (SSSR count). The van der Waals surface area contributed by atoms with Crippen molar-refractivity contribution in [2.75, 3.05) is 31.2 Å². The Bertz CT molecular complexity index is 1580. The van der Waals surface area contributed by atoms with Gasteiger partial charge in [-0.25, -0.2) is 14.2 Å². The van der Waals surface area contributed by atoms with Crippen LogP contribution in [0, 0.1) is 0 Å². The lowest BCUT2D eigenvalue weighted by Gasteiger charge is -2.28. The van der Waals surface area contributed by atoms with Crippen LogP contribution >= 0.6 is 11.6 Å². The van der Waals surface area contributed by atoms with Crippen molar-refractivity contribution in [1.29, 1.82) is 0 Å². The third-order valence-corrected chi connectivity index (χ3v) is 6.52. The van der Waals surface area contributed by atoms with Crippen molar-refractivity contribution in [3.63, 3.8) is 0 Å². The van der Waals surface area contributed by atoms with Gasteiger partial charge in [0.2, 0.25) is 0 Å². The number of hydrogen-bond acceptors (Lipinski definition) is 7. The molecule has 0 N–H and O–H groups in total. The largest absolute Gasteiger partial charge is 0.378 e. The molecule has 0 amide bonds. The molecule has 178 valence electrons. The highest BCUT2D eigenvalue weighted by Gasteiger charge is 2.21. The molecule has 11 heteroatoms. The minimum absolute atomic E-state index is 0.255. The fourth-order valence-corrected chi connectivity index (χ4v) is 4.53. The Kier molecular flexibility index (Phi) is 5.46. The Morgan fingerprint density at radius 3 is 2.63 bits per heavy atom. The van der Waals surface area contributed by atoms with Crippen molar-refractivity contribution < 1.29 is 4.74 Å². The van der Waals surface area contributed by atoms with Crippen molar-refractivity contribution in [2.45, 2.75) is 20.0 Å². The number of benzene rings is 1. The zero-order chi connectivity index (χ0) is 23.9. The molecule has 4 aromatic heterocycles. The van der Waals surface area contributed by atoms with Gasteiger partial charge in [0.1, 0.15) is 11.2 Å². The third kappa shape index (κ3) is 3.84. The standard InChI is InChI=1S/C24H23ClN8O2/c1-2-31-8-7-19(29-31)22-27-28-23-21-20(13-18(14-26-21)30-9-11-35-12-10-30)32(24(34)33(22)23)15-16-3-5-17(25)6-4-16/h3-8,13-14H,2,9-12,15H2,1H3. The number of anilines is 1. The van der Waals surface area contributed by atoms with E-state index in [-0.39, 0.29) is 5.69 Å². The van der Waals surface area contributed by atoms with Crippen molar-refractivity contribution in [2.24, 2.45) is 0 Å². The number of nitrogens with zero attached hydrogens (tertiary/aromatic N) is 8. The quantitative estimate of drug-likeness (QED) is 0.374. The van der Waals surface area contributed by atoms with Gasteiger partial charge in [-0.2, -0.15) is 5.10 Å². The Labute approximate surface area is 205 Å². The highest BCUT2D eigenvalue weighted by molar-refractivity contribution is 6.30. The molecule has 5 heterocycles. The molecule has 5 aromatic rings. The normalized spacial score (nSPS) is 14.3. The topological polar surface area (TPSA) is 95.4 Å². The number of morpholine rings is 1. The summed E-state index contributed by atoms with van der Waals surface area (Å²) in [5.74, 6) is 0.392. The molecule has 0 atom stereocenters. The Morgan fingerprint density at radius 1 is 1.09 bits per heavy atom. The lowest BCUT2D eigenvalue weighted by molar-refractivity contribution is 0.122. The van der Waals surface area contributed by atoms with E-state index < -0.39 is 0 Å². The van der Waals surface area contributed by atoms with Gasteiger partial charge in [0.25, 0.3) is 0 Å². The van der Waals surface area contributed by atoms with Gasteiger partial charge in [-0.1, -0.05) is 23.7 Å². The summed E-state index contributed by atoms with van der Waals surface area (Å²) in [5.41, 5.74) is 3.92. The number of ether oxygens (including phenoxy) is 1. The summed E-state index contributed by atoms with van der Waals surface area (Å²) in [4.78, 5) is 20.9. The van der Waals surface area contributed by atoms with E-state index in [1.807, 2.05) is 55.7 Å². The molecule has 0 aliphatic carbocycles. The van der Waals surface area contributed by atoms with Crippen molar-refractivity contribution >= 4 is 34.0 Å². The second-order valence-corrected chi connectivity index (χ2v) is 8.83. The maximum atomic E-state index is 14.0. The molecular formula is C24H23ClN8O2. The predicted molar refractivity (Wildman–Crippen MR) is 133 cm³/mol. The van der Waals surface area contributed by atoms with Gasteiger partial charge < -0.3 is 9.64 Å². The summed E-state index contributed by atoms with van der Waals surface area (Å²) in [6, 6.07) is 11.3. The first kappa shape index (κ1) is 21.8. The third-order valence-electron chi connectivity index (χ3n) is 6.26. The van der Waals surface area contributed by atoms with E-state index in [1.165, 1.54) is 4.40 Å². The SMILES string of the molecule is CCn1ccc(-c2nnc3c4ncc(N5CCOCC5)cc4n(Cc4ccc(Cl)cc4)c(=O)n23)n1. The van der Waals surface area contributed by atoms with Crippen LogP contribution < -0.4 is 10.6 Å². The fraction of sp³-hybridized carbons (Fsp3) is 0.292. The summed E-state index contributed by atoms with van der Waals surface area (Å²) < 4.78 is 10.5. The predicted octanol–water partition coefficient (Wildman–Crippen LogP) is 2.86. The maximum Gasteiger partial charge on any atom is 0.336 e. The van der Waals surface area contributed by atoms with Crippen LogP contribution in [0.2, 0.25) is 5.02 Å². The Balaban J connectivity index is 1.59. The molecule has 0 bridgehead atoms. The number of rotatable bonds is 5. The van der Waals surface area contributed by atoms with Gasteiger partial charge >= 0.3 is 5.69 Å². The van der Waals surface area contributed by atoms with Crippen molar-refractivity contribution in [1.82, 2.24) is 33.9 Å². The minimum atomic E-state index is -0.255. The first-order valence-electron chi connectivity index (χ1n) is 11.5. The van der Waals surface area contributed by atoms with Gasteiger partial charge in [-0.15, -0.1) is 10.2 Å². The number of aryl methyl sites for hydroxylation is 1. The monoisotopic (exact) mass is 490 g/mol. The number of halogens is 1. The number of pyridine rings is 1. The van der Waals surface area contributed by atoms with Crippen LogP contribution in [0.15, 0.2) is 53.6 Å². The van der Waals surface area contributed by atoms with Crippen LogP contribution in [0.3, 0.4) is 0 Å². The number of hydrogen-bond donors (Lipinski definition) is 0. The Hall–Kier alpha value is -3.76. The summed E-state index contributed by atoms with van der Waals surface area (Å²) >= 11 is 6.09. The summed E-state index contributed by atoms with van der Waals surface area (Å²) in [7, 11) is 0. The molecule has 10 nitrogen and oxygen atoms in total. The second-order valence-electron chi connectivity index (χ2n) is 8.40. The van der Waals surface area contributed by atoms with Crippen LogP contribution in [0.4, 0.5) is 5.69 Å². The highest BCUT2D eigenvalue weighted by Crippen LogP contribution is 2.25. The molecule has 1 saturated heterocycles. The van der Waals surface area contributed by atoms with E-state index in [9.17, 15) is 4.79 Å². The molecule has 1 fully saturated rings. The Morgan fingerprint density at radius 2 is 1.89 bits per heavy atom. The van der Waals surface area contributed by atoms with E-state index in [0.29, 0.717) is 59.5 Å². The van der Waals surface area contributed by atoms with Gasteiger partial charge in [0.05, 0.1) is 37.2 Å². The molecule has 0 saturated carbocycles. The molecule has 0 spiro atoms. The van der Waals surface area contributed by atoms with Crippen LogP contribution in [-0.2, 0) is 17.8 Å². The fourth-order valence-electron chi connectivity index (χ4n) is 4.41.